The number of thiazole rings is 1. The number of aromatic nitrogens is 1. The minimum absolute atomic E-state index is 0.285. The Bertz CT molecular complexity index is 585. The van der Waals surface area contributed by atoms with E-state index in [0.29, 0.717) is 0 Å². The Kier molecular flexibility index (Phi) is 3.23. The van der Waals surface area contributed by atoms with Gasteiger partial charge in [0.15, 0.2) is 11.5 Å². The number of fused-ring (bicyclic) bond motifs is 1. The smallest absolute Gasteiger partial charge is 0.231 e. The number of hydrogen-bond acceptors (Lipinski definition) is 5. The van der Waals surface area contributed by atoms with Crippen LogP contribution in [0.2, 0.25) is 0 Å². The molecule has 0 amide bonds. The predicted molar refractivity (Wildman–Crippen MR) is 74.1 cm³/mol. The second kappa shape index (κ2) is 4.87. The summed E-state index contributed by atoms with van der Waals surface area (Å²) in [5.41, 5.74) is 1.98. The molecule has 0 spiro atoms. The molecule has 0 bridgehead atoms. The van der Waals surface area contributed by atoms with Crippen molar-refractivity contribution in [1.82, 2.24) is 10.3 Å². The van der Waals surface area contributed by atoms with Crippen LogP contribution in [0, 0.1) is 0 Å². The van der Waals surface area contributed by atoms with Crippen LogP contribution in [0.3, 0.4) is 0 Å². The number of benzene rings is 1. The summed E-state index contributed by atoms with van der Waals surface area (Å²) >= 11 is 5.19. The Morgan fingerprint density at radius 1 is 1.39 bits per heavy atom. The molecule has 0 radical (unpaired) electrons. The summed E-state index contributed by atoms with van der Waals surface area (Å²) in [4.78, 5) is 4.59. The number of ether oxygens (including phenoxy) is 2. The average Bonchev–Trinajstić information content (AvgIpc) is 2.96. The maximum Gasteiger partial charge on any atom is 0.231 e. The molecule has 1 aromatic carbocycles. The van der Waals surface area contributed by atoms with E-state index in [1.807, 2.05) is 19.2 Å². The fourth-order valence-electron chi connectivity index (χ4n) is 1.78. The largest absolute Gasteiger partial charge is 0.454 e. The van der Waals surface area contributed by atoms with Crippen LogP contribution < -0.4 is 14.8 Å². The van der Waals surface area contributed by atoms with Crippen molar-refractivity contribution < 1.29 is 9.47 Å². The Hall–Kier alpha value is -1.11. The molecular weight excluding hydrogens is 316 g/mol. The second-order valence-corrected chi connectivity index (χ2v) is 5.64. The highest BCUT2D eigenvalue weighted by Gasteiger charge is 2.18. The fourth-order valence-corrected chi connectivity index (χ4v) is 3.11. The molecule has 0 fully saturated rings. The van der Waals surface area contributed by atoms with Gasteiger partial charge in [-0.3, -0.25) is 0 Å². The lowest BCUT2D eigenvalue weighted by molar-refractivity contribution is 0.174. The number of rotatable bonds is 3. The third-order valence-electron chi connectivity index (χ3n) is 2.62. The monoisotopic (exact) mass is 326 g/mol. The van der Waals surface area contributed by atoms with Gasteiger partial charge in [0.1, 0.15) is 5.01 Å². The number of hydrogen-bond donors (Lipinski definition) is 1. The Labute approximate surface area is 117 Å². The van der Waals surface area contributed by atoms with Gasteiger partial charge >= 0.3 is 0 Å². The Morgan fingerprint density at radius 3 is 2.94 bits per heavy atom. The van der Waals surface area contributed by atoms with Crippen LogP contribution in [0.1, 0.15) is 5.01 Å². The first kappa shape index (κ1) is 12.0. The van der Waals surface area contributed by atoms with Gasteiger partial charge in [-0.05, 0) is 35.1 Å². The van der Waals surface area contributed by atoms with E-state index in [0.717, 1.165) is 38.8 Å². The van der Waals surface area contributed by atoms with E-state index in [1.54, 1.807) is 11.3 Å². The van der Waals surface area contributed by atoms with Gasteiger partial charge in [-0.15, -0.1) is 11.3 Å². The zero-order valence-electron chi connectivity index (χ0n) is 9.70. The molecule has 0 saturated heterocycles. The maximum absolute atomic E-state index is 5.39. The molecular formula is C12H11BrN2O2S. The van der Waals surface area contributed by atoms with E-state index in [4.69, 9.17) is 9.47 Å². The molecule has 94 valence electrons. The molecule has 1 N–H and O–H groups in total. The Balaban J connectivity index is 2.00. The molecule has 2 aromatic rings. The SMILES string of the molecule is CNCc1nc(-c2cc3c(cc2Br)OCO3)cs1. The summed E-state index contributed by atoms with van der Waals surface area (Å²) in [7, 11) is 1.91. The van der Waals surface area contributed by atoms with Crippen LogP contribution in [-0.4, -0.2) is 18.8 Å². The van der Waals surface area contributed by atoms with Crippen LogP contribution in [-0.2, 0) is 6.54 Å². The summed E-state index contributed by atoms with van der Waals surface area (Å²) < 4.78 is 11.7. The highest BCUT2D eigenvalue weighted by molar-refractivity contribution is 9.10. The molecule has 2 heterocycles. The molecule has 18 heavy (non-hydrogen) atoms. The first-order valence-electron chi connectivity index (χ1n) is 5.46. The van der Waals surface area contributed by atoms with Crippen molar-refractivity contribution in [3.05, 3.63) is 27.0 Å². The molecule has 3 rings (SSSR count). The van der Waals surface area contributed by atoms with Crippen LogP contribution in [0.4, 0.5) is 0 Å². The normalized spacial score (nSPS) is 13.0. The topological polar surface area (TPSA) is 43.4 Å². The van der Waals surface area contributed by atoms with Gasteiger partial charge in [0, 0.05) is 22.0 Å². The quantitative estimate of drug-likeness (QED) is 0.941. The lowest BCUT2D eigenvalue weighted by Crippen LogP contribution is -2.04. The first-order valence-corrected chi connectivity index (χ1v) is 7.13. The number of nitrogens with zero attached hydrogens (tertiary/aromatic N) is 1. The fraction of sp³-hybridized carbons (Fsp3) is 0.250. The Morgan fingerprint density at radius 2 is 2.17 bits per heavy atom. The van der Waals surface area contributed by atoms with Crippen LogP contribution in [0.25, 0.3) is 11.3 Å². The minimum atomic E-state index is 0.285. The van der Waals surface area contributed by atoms with E-state index < -0.39 is 0 Å². The van der Waals surface area contributed by atoms with Gasteiger partial charge in [0.2, 0.25) is 6.79 Å². The number of nitrogens with one attached hydrogen (secondary N) is 1. The van der Waals surface area contributed by atoms with Gasteiger partial charge < -0.3 is 14.8 Å². The summed E-state index contributed by atoms with van der Waals surface area (Å²) in [6, 6.07) is 3.89. The van der Waals surface area contributed by atoms with E-state index in [-0.39, 0.29) is 6.79 Å². The van der Waals surface area contributed by atoms with Gasteiger partial charge in [-0.25, -0.2) is 4.98 Å². The molecule has 1 aromatic heterocycles. The number of halogens is 1. The highest BCUT2D eigenvalue weighted by atomic mass is 79.9. The van der Waals surface area contributed by atoms with Crippen molar-refractivity contribution in [2.24, 2.45) is 0 Å². The molecule has 0 atom stereocenters. The van der Waals surface area contributed by atoms with Crippen LogP contribution >= 0.6 is 27.3 Å². The third kappa shape index (κ3) is 2.11. The molecule has 0 unspecified atom stereocenters. The molecule has 1 aliphatic rings. The summed E-state index contributed by atoms with van der Waals surface area (Å²) in [5.74, 6) is 1.55. The second-order valence-electron chi connectivity index (χ2n) is 3.84. The zero-order valence-corrected chi connectivity index (χ0v) is 12.1. The van der Waals surface area contributed by atoms with Gasteiger partial charge in [-0.2, -0.15) is 0 Å². The molecule has 6 heteroatoms. The molecule has 1 aliphatic heterocycles. The van der Waals surface area contributed by atoms with Crippen molar-refractivity contribution in [1.29, 1.82) is 0 Å². The standard InChI is InChI=1S/C12H11BrN2O2S/c1-14-4-12-15-9(5-18-12)7-2-10-11(3-8(7)13)17-6-16-10/h2-3,5,14H,4,6H2,1H3. The van der Waals surface area contributed by atoms with Crippen molar-refractivity contribution in [2.75, 3.05) is 13.8 Å². The average molecular weight is 327 g/mol. The molecule has 4 nitrogen and oxygen atoms in total. The zero-order chi connectivity index (χ0) is 12.5. The molecule has 0 aliphatic carbocycles. The van der Waals surface area contributed by atoms with Crippen molar-refractivity contribution in [2.45, 2.75) is 6.54 Å². The van der Waals surface area contributed by atoms with Gasteiger partial charge in [0.25, 0.3) is 0 Å². The van der Waals surface area contributed by atoms with Crippen LogP contribution in [0.5, 0.6) is 11.5 Å². The van der Waals surface area contributed by atoms with Gasteiger partial charge in [-0.1, -0.05) is 0 Å². The van der Waals surface area contributed by atoms with E-state index in [1.165, 1.54) is 0 Å². The summed E-state index contributed by atoms with van der Waals surface area (Å²) in [6.07, 6.45) is 0. The van der Waals surface area contributed by atoms with Crippen LogP contribution in [0.15, 0.2) is 22.0 Å². The summed E-state index contributed by atoms with van der Waals surface area (Å²) in [6.45, 7) is 1.07. The van der Waals surface area contributed by atoms with E-state index in [9.17, 15) is 0 Å². The third-order valence-corrected chi connectivity index (χ3v) is 4.12. The van der Waals surface area contributed by atoms with E-state index in [2.05, 4.69) is 31.6 Å². The van der Waals surface area contributed by atoms with E-state index >= 15 is 0 Å². The minimum Gasteiger partial charge on any atom is -0.454 e. The van der Waals surface area contributed by atoms with Crippen molar-refractivity contribution >= 4 is 27.3 Å². The highest BCUT2D eigenvalue weighted by Crippen LogP contribution is 2.41. The molecule has 0 saturated carbocycles. The van der Waals surface area contributed by atoms with Crippen molar-refractivity contribution in [3.63, 3.8) is 0 Å². The first-order chi connectivity index (χ1) is 8.78. The summed E-state index contributed by atoms with van der Waals surface area (Å²) in [5, 5.41) is 6.21. The predicted octanol–water partition coefficient (Wildman–Crippen LogP) is 3.02. The maximum atomic E-state index is 5.39. The lowest BCUT2D eigenvalue weighted by Gasteiger charge is -2.03. The van der Waals surface area contributed by atoms with Crippen molar-refractivity contribution in [3.8, 4) is 22.8 Å². The van der Waals surface area contributed by atoms with Gasteiger partial charge in [0.05, 0.1) is 5.69 Å². The lowest BCUT2D eigenvalue weighted by atomic mass is 10.1.